The van der Waals surface area contributed by atoms with Gasteiger partial charge in [-0.1, -0.05) is 11.2 Å². The van der Waals surface area contributed by atoms with Gasteiger partial charge in [-0.25, -0.2) is 4.98 Å². The van der Waals surface area contributed by atoms with E-state index in [1.54, 1.807) is 19.2 Å². The first-order chi connectivity index (χ1) is 11.7. The molecule has 7 nitrogen and oxygen atoms in total. The van der Waals surface area contributed by atoms with E-state index in [1.807, 2.05) is 23.1 Å². The second-order valence-corrected chi connectivity index (χ2v) is 6.43. The fraction of sp³-hybridized carbons (Fsp3) is 0.471. The Labute approximate surface area is 140 Å². The number of amides is 1. The standard InChI is InChI=1S/C17H20N4O3/c1-11-6-14(24-20-11)17(22)21-8-13-12(10-23-15(13)9-21)7-19-16-4-2-3-5-18-16/h2-6,12-13,15H,7-10H2,1H3,(H,18,19)/t12-,13+,15+/m1/s1. The highest BCUT2D eigenvalue weighted by molar-refractivity contribution is 5.91. The van der Waals surface area contributed by atoms with E-state index < -0.39 is 0 Å². The molecule has 2 aromatic rings. The van der Waals surface area contributed by atoms with E-state index in [0.717, 1.165) is 19.0 Å². The largest absolute Gasteiger partial charge is 0.376 e. The van der Waals surface area contributed by atoms with Gasteiger partial charge in [-0.15, -0.1) is 0 Å². The van der Waals surface area contributed by atoms with Crippen LogP contribution in [-0.4, -0.2) is 53.3 Å². The molecule has 2 aliphatic rings. The van der Waals surface area contributed by atoms with E-state index in [0.29, 0.717) is 36.4 Å². The molecular weight excluding hydrogens is 308 g/mol. The van der Waals surface area contributed by atoms with Gasteiger partial charge >= 0.3 is 0 Å². The minimum absolute atomic E-state index is 0.105. The molecular formula is C17H20N4O3. The Hall–Kier alpha value is -2.41. The summed E-state index contributed by atoms with van der Waals surface area (Å²) in [4.78, 5) is 18.6. The Balaban J connectivity index is 1.37. The predicted molar refractivity (Wildman–Crippen MR) is 86.6 cm³/mol. The molecule has 0 radical (unpaired) electrons. The van der Waals surface area contributed by atoms with Gasteiger partial charge in [-0.3, -0.25) is 4.79 Å². The molecule has 4 heterocycles. The Kier molecular flexibility index (Phi) is 3.93. The second-order valence-electron chi connectivity index (χ2n) is 6.43. The van der Waals surface area contributed by atoms with E-state index in [-0.39, 0.29) is 12.0 Å². The summed E-state index contributed by atoms with van der Waals surface area (Å²) in [6, 6.07) is 7.48. The van der Waals surface area contributed by atoms with Crippen molar-refractivity contribution in [3.05, 3.63) is 41.9 Å². The van der Waals surface area contributed by atoms with Crippen molar-refractivity contribution in [2.45, 2.75) is 13.0 Å². The van der Waals surface area contributed by atoms with Crippen LogP contribution in [0, 0.1) is 18.8 Å². The van der Waals surface area contributed by atoms with Crippen LogP contribution in [0.15, 0.2) is 35.0 Å². The average molecular weight is 328 g/mol. The Morgan fingerprint density at radius 1 is 1.42 bits per heavy atom. The maximum absolute atomic E-state index is 12.5. The second kappa shape index (κ2) is 6.24. The molecule has 1 N–H and O–H groups in total. The third kappa shape index (κ3) is 2.87. The molecule has 0 saturated carbocycles. The van der Waals surface area contributed by atoms with Crippen molar-refractivity contribution in [1.82, 2.24) is 15.0 Å². The van der Waals surface area contributed by atoms with Crippen LogP contribution in [-0.2, 0) is 4.74 Å². The minimum Gasteiger partial charge on any atom is -0.376 e. The Morgan fingerprint density at radius 3 is 3.08 bits per heavy atom. The molecule has 2 aliphatic heterocycles. The van der Waals surface area contributed by atoms with E-state index in [1.165, 1.54) is 0 Å². The van der Waals surface area contributed by atoms with Crippen molar-refractivity contribution in [2.75, 3.05) is 31.6 Å². The van der Waals surface area contributed by atoms with Crippen LogP contribution in [0.4, 0.5) is 5.82 Å². The molecule has 0 spiro atoms. The van der Waals surface area contributed by atoms with Crippen LogP contribution in [0.3, 0.4) is 0 Å². The Bertz CT molecular complexity index is 718. The summed E-state index contributed by atoms with van der Waals surface area (Å²) in [6.45, 7) is 4.63. The van der Waals surface area contributed by atoms with Crippen LogP contribution in [0.5, 0.6) is 0 Å². The number of fused-ring (bicyclic) bond motifs is 1. The van der Waals surface area contributed by atoms with Gasteiger partial charge in [0.15, 0.2) is 0 Å². The molecule has 0 unspecified atom stereocenters. The monoisotopic (exact) mass is 328 g/mol. The van der Waals surface area contributed by atoms with Gasteiger partial charge in [0.25, 0.3) is 5.91 Å². The van der Waals surface area contributed by atoms with E-state index in [9.17, 15) is 4.79 Å². The first-order valence-corrected chi connectivity index (χ1v) is 8.20. The quantitative estimate of drug-likeness (QED) is 0.918. The number of carbonyl (C=O) groups excluding carboxylic acids is 1. The lowest BCUT2D eigenvalue weighted by Crippen LogP contribution is -2.32. The van der Waals surface area contributed by atoms with E-state index in [4.69, 9.17) is 9.26 Å². The molecule has 0 bridgehead atoms. The van der Waals surface area contributed by atoms with Crippen molar-refractivity contribution in [2.24, 2.45) is 11.8 Å². The molecule has 2 fully saturated rings. The number of aryl methyl sites for hydroxylation is 1. The molecule has 1 amide bonds. The molecule has 126 valence electrons. The number of anilines is 1. The summed E-state index contributed by atoms with van der Waals surface area (Å²) < 4.78 is 11.0. The number of hydrogen-bond acceptors (Lipinski definition) is 6. The van der Waals surface area contributed by atoms with Gasteiger partial charge in [-0.05, 0) is 19.1 Å². The topological polar surface area (TPSA) is 80.5 Å². The van der Waals surface area contributed by atoms with Crippen LogP contribution in [0.2, 0.25) is 0 Å². The van der Waals surface area contributed by atoms with Crippen LogP contribution < -0.4 is 5.32 Å². The van der Waals surface area contributed by atoms with Crippen LogP contribution >= 0.6 is 0 Å². The normalized spacial score (nSPS) is 25.7. The number of nitrogens with zero attached hydrogens (tertiary/aromatic N) is 3. The molecule has 24 heavy (non-hydrogen) atoms. The molecule has 4 rings (SSSR count). The third-order valence-electron chi connectivity index (χ3n) is 4.78. The maximum Gasteiger partial charge on any atom is 0.292 e. The van der Waals surface area contributed by atoms with Crippen molar-refractivity contribution >= 4 is 11.7 Å². The van der Waals surface area contributed by atoms with E-state index >= 15 is 0 Å². The predicted octanol–water partition coefficient (Wildman–Crippen LogP) is 1.58. The number of likely N-dealkylation sites (tertiary alicyclic amines) is 1. The van der Waals surface area contributed by atoms with Gasteiger partial charge in [0, 0.05) is 43.7 Å². The summed E-state index contributed by atoms with van der Waals surface area (Å²) in [5, 5.41) is 7.14. The first kappa shape index (κ1) is 15.1. The van der Waals surface area contributed by atoms with Crippen molar-refractivity contribution in [3.8, 4) is 0 Å². The lowest BCUT2D eigenvalue weighted by Gasteiger charge is -2.19. The Morgan fingerprint density at radius 2 is 2.33 bits per heavy atom. The fourth-order valence-electron chi connectivity index (χ4n) is 3.50. The van der Waals surface area contributed by atoms with Gasteiger partial charge in [0.2, 0.25) is 5.76 Å². The van der Waals surface area contributed by atoms with Crippen molar-refractivity contribution in [1.29, 1.82) is 0 Å². The summed E-state index contributed by atoms with van der Waals surface area (Å²) in [6.07, 6.45) is 1.87. The minimum atomic E-state index is -0.106. The smallest absolute Gasteiger partial charge is 0.292 e. The van der Waals surface area contributed by atoms with Gasteiger partial charge in [0.05, 0.1) is 18.4 Å². The highest BCUT2D eigenvalue weighted by Crippen LogP contribution is 2.34. The SMILES string of the molecule is Cc1cc(C(=O)N2C[C@H]3[C@H](CNc4ccccn4)CO[C@H]3C2)on1. The molecule has 7 heteroatoms. The summed E-state index contributed by atoms with van der Waals surface area (Å²) in [5.74, 6) is 1.77. The number of hydrogen-bond donors (Lipinski definition) is 1. The number of aromatic nitrogens is 2. The summed E-state index contributed by atoms with van der Waals surface area (Å²) in [5.41, 5.74) is 0.714. The zero-order chi connectivity index (χ0) is 16.5. The van der Waals surface area contributed by atoms with Crippen molar-refractivity contribution < 1.29 is 14.1 Å². The molecule has 2 aromatic heterocycles. The highest BCUT2D eigenvalue weighted by atomic mass is 16.5. The molecule has 0 aromatic carbocycles. The third-order valence-corrected chi connectivity index (χ3v) is 4.78. The highest BCUT2D eigenvalue weighted by Gasteiger charge is 2.45. The van der Waals surface area contributed by atoms with Gasteiger partial charge in [-0.2, -0.15) is 0 Å². The summed E-state index contributed by atoms with van der Waals surface area (Å²) >= 11 is 0. The number of nitrogens with one attached hydrogen (secondary N) is 1. The number of ether oxygens (including phenoxy) is 1. The fourth-order valence-corrected chi connectivity index (χ4v) is 3.50. The lowest BCUT2D eigenvalue weighted by molar-refractivity contribution is 0.0646. The average Bonchev–Trinajstić information content (AvgIpc) is 3.29. The zero-order valence-corrected chi connectivity index (χ0v) is 13.5. The first-order valence-electron chi connectivity index (χ1n) is 8.20. The maximum atomic E-state index is 12.5. The molecule has 0 aliphatic carbocycles. The van der Waals surface area contributed by atoms with Gasteiger partial charge < -0.3 is 19.5 Å². The van der Waals surface area contributed by atoms with Crippen molar-refractivity contribution in [3.63, 3.8) is 0 Å². The zero-order valence-electron chi connectivity index (χ0n) is 13.5. The van der Waals surface area contributed by atoms with Gasteiger partial charge in [0.1, 0.15) is 5.82 Å². The number of pyridine rings is 1. The molecule has 2 saturated heterocycles. The van der Waals surface area contributed by atoms with Crippen LogP contribution in [0.25, 0.3) is 0 Å². The number of carbonyl (C=O) groups is 1. The van der Waals surface area contributed by atoms with E-state index in [2.05, 4.69) is 15.5 Å². The number of rotatable bonds is 4. The summed E-state index contributed by atoms with van der Waals surface area (Å²) in [7, 11) is 0. The van der Waals surface area contributed by atoms with Crippen LogP contribution in [0.1, 0.15) is 16.2 Å². The lowest BCUT2D eigenvalue weighted by atomic mass is 9.93. The molecule has 3 atom stereocenters.